The van der Waals surface area contributed by atoms with Crippen LogP contribution in [0.1, 0.15) is 0 Å². The SMILES string of the molecule is CSCC(O)C(O)CS. The van der Waals surface area contributed by atoms with Crippen LogP contribution < -0.4 is 0 Å². The molecule has 0 radical (unpaired) electrons. The molecule has 0 bridgehead atoms. The van der Waals surface area contributed by atoms with E-state index in [-0.39, 0.29) is 0 Å². The molecule has 2 nitrogen and oxygen atoms in total. The van der Waals surface area contributed by atoms with Crippen LogP contribution in [-0.2, 0) is 0 Å². The number of hydrogen-bond acceptors (Lipinski definition) is 4. The van der Waals surface area contributed by atoms with Crippen molar-refractivity contribution in [2.75, 3.05) is 17.8 Å². The normalized spacial score (nSPS) is 17.3. The summed E-state index contributed by atoms with van der Waals surface area (Å²) in [6.07, 6.45) is 0.576. The monoisotopic (exact) mass is 168 g/mol. The highest BCUT2D eigenvalue weighted by atomic mass is 32.2. The first-order valence-electron chi connectivity index (χ1n) is 2.68. The zero-order valence-electron chi connectivity index (χ0n) is 5.32. The van der Waals surface area contributed by atoms with Crippen LogP contribution in [0.4, 0.5) is 0 Å². The lowest BCUT2D eigenvalue weighted by Crippen LogP contribution is -2.29. The van der Waals surface area contributed by atoms with Gasteiger partial charge in [-0.15, -0.1) is 0 Å². The standard InChI is InChI=1S/C5H12O2S2/c1-9-3-5(7)4(6)2-8/h4-8H,2-3H2,1H3. The number of aliphatic hydroxyl groups is 2. The van der Waals surface area contributed by atoms with E-state index < -0.39 is 12.2 Å². The molecule has 9 heavy (non-hydrogen) atoms. The summed E-state index contributed by atoms with van der Waals surface area (Å²) in [6, 6.07) is 0. The predicted molar refractivity (Wildman–Crippen MR) is 44.2 cm³/mol. The van der Waals surface area contributed by atoms with Gasteiger partial charge in [0.1, 0.15) is 0 Å². The summed E-state index contributed by atoms with van der Waals surface area (Å²) in [5, 5.41) is 17.9. The molecule has 2 unspecified atom stereocenters. The van der Waals surface area contributed by atoms with Gasteiger partial charge in [-0.25, -0.2) is 0 Å². The van der Waals surface area contributed by atoms with Crippen LogP contribution in [0, 0.1) is 0 Å². The van der Waals surface area contributed by atoms with Crippen LogP contribution in [0.3, 0.4) is 0 Å². The number of aliphatic hydroxyl groups excluding tert-OH is 2. The zero-order chi connectivity index (χ0) is 7.28. The smallest absolute Gasteiger partial charge is 0.0897 e. The van der Waals surface area contributed by atoms with Gasteiger partial charge in [0.25, 0.3) is 0 Å². The van der Waals surface area contributed by atoms with Crippen LogP contribution in [0.25, 0.3) is 0 Å². The number of thioether (sulfide) groups is 1. The van der Waals surface area contributed by atoms with E-state index >= 15 is 0 Å². The lowest BCUT2D eigenvalue weighted by molar-refractivity contribution is 0.0502. The molecule has 4 heteroatoms. The minimum Gasteiger partial charge on any atom is -0.390 e. The fourth-order valence-electron chi connectivity index (χ4n) is 0.404. The summed E-state index contributed by atoms with van der Waals surface area (Å²) in [4.78, 5) is 0. The number of rotatable bonds is 4. The highest BCUT2D eigenvalue weighted by molar-refractivity contribution is 7.98. The van der Waals surface area contributed by atoms with Gasteiger partial charge in [-0.1, -0.05) is 0 Å². The Hall–Kier alpha value is 0.620. The van der Waals surface area contributed by atoms with Crippen LogP contribution in [-0.4, -0.2) is 40.2 Å². The molecular weight excluding hydrogens is 156 g/mol. The molecule has 0 heterocycles. The second-order valence-electron chi connectivity index (χ2n) is 1.77. The van der Waals surface area contributed by atoms with Crippen LogP contribution in [0.2, 0.25) is 0 Å². The van der Waals surface area contributed by atoms with E-state index in [0.29, 0.717) is 11.5 Å². The van der Waals surface area contributed by atoms with Crippen molar-refractivity contribution in [2.45, 2.75) is 12.2 Å². The molecule has 2 atom stereocenters. The van der Waals surface area contributed by atoms with Crippen LogP contribution >= 0.6 is 24.4 Å². The van der Waals surface area contributed by atoms with E-state index in [1.807, 2.05) is 6.26 Å². The largest absolute Gasteiger partial charge is 0.390 e. The zero-order valence-corrected chi connectivity index (χ0v) is 7.03. The molecule has 0 rings (SSSR count). The Bertz CT molecular complexity index is 70.0. The van der Waals surface area contributed by atoms with Crippen molar-refractivity contribution in [1.82, 2.24) is 0 Å². The van der Waals surface area contributed by atoms with Crippen molar-refractivity contribution in [2.24, 2.45) is 0 Å². The molecule has 0 aliphatic rings. The average Bonchev–Trinajstić information content (AvgIpc) is 1.87. The number of hydrogen-bond donors (Lipinski definition) is 3. The van der Waals surface area contributed by atoms with E-state index in [4.69, 9.17) is 10.2 Å². The molecule has 0 aliphatic carbocycles. The molecule has 0 aliphatic heterocycles. The maximum Gasteiger partial charge on any atom is 0.0897 e. The molecule has 0 fully saturated rings. The van der Waals surface area contributed by atoms with Gasteiger partial charge in [-0.2, -0.15) is 24.4 Å². The Labute approximate surface area is 65.1 Å². The Morgan fingerprint density at radius 2 is 2.00 bits per heavy atom. The van der Waals surface area contributed by atoms with E-state index in [1.165, 1.54) is 11.8 Å². The van der Waals surface area contributed by atoms with Gasteiger partial charge in [0.05, 0.1) is 12.2 Å². The minimum atomic E-state index is -0.680. The molecule has 56 valence electrons. The topological polar surface area (TPSA) is 40.5 Å². The van der Waals surface area contributed by atoms with E-state index in [1.54, 1.807) is 0 Å². The maximum absolute atomic E-state index is 9.00. The Morgan fingerprint density at radius 1 is 1.44 bits per heavy atom. The van der Waals surface area contributed by atoms with Gasteiger partial charge in [0.2, 0.25) is 0 Å². The average molecular weight is 168 g/mol. The van der Waals surface area contributed by atoms with Crippen molar-refractivity contribution < 1.29 is 10.2 Å². The Morgan fingerprint density at radius 3 is 2.33 bits per heavy atom. The van der Waals surface area contributed by atoms with Gasteiger partial charge in [0.15, 0.2) is 0 Å². The fraction of sp³-hybridized carbons (Fsp3) is 1.00. The third-order valence-electron chi connectivity index (χ3n) is 0.969. The highest BCUT2D eigenvalue weighted by Gasteiger charge is 2.12. The second kappa shape index (κ2) is 5.41. The summed E-state index contributed by atoms with van der Waals surface area (Å²) in [7, 11) is 0. The summed E-state index contributed by atoms with van der Waals surface area (Å²) in [6.45, 7) is 0. The van der Waals surface area contributed by atoms with Crippen molar-refractivity contribution >= 4 is 24.4 Å². The first kappa shape index (κ1) is 9.62. The quantitative estimate of drug-likeness (QED) is 0.518. The summed E-state index contributed by atoms with van der Waals surface area (Å²) >= 11 is 5.34. The Kier molecular flexibility index (Phi) is 5.78. The molecule has 0 amide bonds. The van der Waals surface area contributed by atoms with Gasteiger partial charge >= 0.3 is 0 Å². The van der Waals surface area contributed by atoms with E-state index in [9.17, 15) is 0 Å². The fourth-order valence-corrected chi connectivity index (χ4v) is 1.21. The Balaban J connectivity index is 3.32. The predicted octanol–water partition coefficient (Wildman–Crippen LogP) is 0.001000. The van der Waals surface area contributed by atoms with Gasteiger partial charge < -0.3 is 10.2 Å². The van der Waals surface area contributed by atoms with Crippen molar-refractivity contribution in [3.8, 4) is 0 Å². The van der Waals surface area contributed by atoms with Crippen LogP contribution in [0.5, 0.6) is 0 Å². The van der Waals surface area contributed by atoms with Crippen molar-refractivity contribution in [1.29, 1.82) is 0 Å². The van der Waals surface area contributed by atoms with Gasteiger partial charge in [0, 0.05) is 11.5 Å². The summed E-state index contributed by atoms with van der Waals surface area (Å²) < 4.78 is 0. The van der Waals surface area contributed by atoms with E-state index in [2.05, 4.69) is 12.6 Å². The minimum absolute atomic E-state index is 0.321. The number of thiol groups is 1. The van der Waals surface area contributed by atoms with Crippen LogP contribution in [0.15, 0.2) is 0 Å². The first-order valence-corrected chi connectivity index (χ1v) is 4.71. The van der Waals surface area contributed by atoms with Gasteiger partial charge in [-0.05, 0) is 6.26 Å². The third-order valence-corrected chi connectivity index (χ3v) is 2.02. The van der Waals surface area contributed by atoms with Gasteiger partial charge in [-0.3, -0.25) is 0 Å². The summed E-state index contributed by atoms with van der Waals surface area (Å²) in [5.74, 6) is 0.892. The lowest BCUT2D eigenvalue weighted by Gasteiger charge is -2.13. The molecule has 0 saturated heterocycles. The summed E-state index contributed by atoms with van der Waals surface area (Å²) in [5.41, 5.74) is 0. The van der Waals surface area contributed by atoms with Crippen molar-refractivity contribution in [3.05, 3.63) is 0 Å². The molecule has 2 N–H and O–H groups in total. The highest BCUT2D eigenvalue weighted by Crippen LogP contribution is 2.02. The van der Waals surface area contributed by atoms with E-state index in [0.717, 1.165) is 0 Å². The molecule has 0 aromatic rings. The maximum atomic E-state index is 9.00. The lowest BCUT2D eigenvalue weighted by atomic mass is 10.3. The second-order valence-corrected chi connectivity index (χ2v) is 3.05. The van der Waals surface area contributed by atoms with Crippen molar-refractivity contribution in [3.63, 3.8) is 0 Å². The molecular formula is C5H12O2S2. The molecule has 0 saturated carbocycles. The molecule has 0 aromatic carbocycles. The third kappa shape index (κ3) is 4.08. The molecule has 0 spiro atoms. The molecule has 0 aromatic heterocycles. The first-order chi connectivity index (χ1) is 4.22.